The number of aromatic nitrogens is 1. The molecule has 51 heavy (non-hydrogen) atoms. The van der Waals surface area contributed by atoms with Crippen LogP contribution in [0.2, 0.25) is 0 Å². The SMILES string of the molecule is CCOc1cc(C(Nc2ccc3c(N)nccc3c2C)(OC(=O)C(F)(F)F)C(=O)N(C)Cc2ccccc2S(=O)(=O)C2CC2)ccc1OC(C)C. The molecule has 1 saturated carbocycles. The average molecular weight is 729 g/mol. The van der Waals surface area contributed by atoms with Gasteiger partial charge in [0.15, 0.2) is 21.3 Å². The van der Waals surface area contributed by atoms with Crippen molar-refractivity contribution in [3.05, 3.63) is 83.6 Å². The zero-order chi connectivity index (χ0) is 37.3. The average Bonchev–Trinajstić information content (AvgIpc) is 3.93. The van der Waals surface area contributed by atoms with Crippen LogP contribution in [-0.2, 0) is 36.4 Å². The summed E-state index contributed by atoms with van der Waals surface area (Å²) in [7, 11) is -2.45. The Labute approximate surface area is 293 Å². The summed E-state index contributed by atoms with van der Waals surface area (Å²) in [5, 5.41) is 3.41. The van der Waals surface area contributed by atoms with Crippen LogP contribution in [0.25, 0.3) is 10.8 Å². The second kappa shape index (κ2) is 14.3. The lowest BCUT2D eigenvalue weighted by molar-refractivity contribution is -0.215. The molecule has 5 rings (SSSR count). The number of sulfone groups is 1. The summed E-state index contributed by atoms with van der Waals surface area (Å²) in [5.74, 6) is -3.29. The van der Waals surface area contributed by atoms with Crippen molar-refractivity contribution in [1.82, 2.24) is 9.88 Å². The number of aryl methyl sites for hydroxylation is 1. The number of hydrogen-bond acceptors (Lipinski definition) is 10. The van der Waals surface area contributed by atoms with Gasteiger partial charge in [-0.3, -0.25) is 4.79 Å². The highest BCUT2D eigenvalue weighted by Gasteiger charge is 2.53. The highest BCUT2D eigenvalue weighted by atomic mass is 32.2. The van der Waals surface area contributed by atoms with Gasteiger partial charge in [0.25, 0.3) is 11.6 Å². The molecule has 1 fully saturated rings. The standard InChI is InChI=1S/C36H39F3N4O7S/c1-6-48-30-19-24(11-16-29(30)49-21(2)3)35(50-34(45)36(37,38)39,42-28-15-14-27-26(22(28)4)17-18-41-32(27)40)33(44)43(5)20-23-9-7-8-10-31(23)51(46,47)25-12-13-25/h7-11,14-19,21,25,42H,6,12-13,20H2,1-5H3,(H2,40,41). The van der Waals surface area contributed by atoms with E-state index in [4.69, 9.17) is 19.9 Å². The molecule has 1 aliphatic rings. The number of nitrogen functional groups attached to an aromatic ring is 1. The van der Waals surface area contributed by atoms with Gasteiger partial charge in [0.05, 0.1) is 22.9 Å². The molecular weight excluding hydrogens is 689 g/mol. The van der Waals surface area contributed by atoms with Crippen LogP contribution in [0.1, 0.15) is 50.3 Å². The van der Waals surface area contributed by atoms with E-state index in [1.54, 1.807) is 52.0 Å². The Balaban J connectivity index is 1.72. The van der Waals surface area contributed by atoms with Gasteiger partial charge >= 0.3 is 12.1 Å². The number of alkyl halides is 3. The van der Waals surface area contributed by atoms with E-state index in [9.17, 15) is 31.2 Å². The van der Waals surface area contributed by atoms with Crippen LogP contribution in [0.15, 0.2) is 71.8 Å². The molecule has 0 aliphatic heterocycles. The number of hydrogen-bond donors (Lipinski definition) is 2. The highest BCUT2D eigenvalue weighted by molar-refractivity contribution is 7.92. The van der Waals surface area contributed by atoms with Crippen molar-refractivity contribution in [3.8, 4) is 11.5 Å². The molecule has 3 N–H and O–H groups in total. The van der Waals surface area contributed by atoms with Gasteiger partial charge in [0.1, 0.15) is 5.82 Å². The predicted octanol–water partition coefficient (Wildman–Crippen LogP) is 6.28. The Kier molecular flexibility index (Phi) is 10.4. The van der Waals surface area contributed by atoms with Crippen LogP contribution in [0.4, 0.5) is 24.7 Å². The van der Waals surface area contributed by atoms with Crippen molar-refractivity contribution in [2.45, 2.75) is 75.2 Å². The van der Waals surface area contributed by atoms with Crippen LogP contribution in [0, 0.1) is 6.92 Å². The Bertz CT molecular complexity index is 2070. The van der Waals surface area contributed by atoms with Crippen LogP contribution in [-0.4, -0.2) is 61.4 Å². The quantitative estimate of drug-likeness (QED) is 0.119. The molecule has 1 amide bonds. The number of benzene rings is 3. The molecule has 4 aromatic rings. The van der Waals surface area contributed by atoms with E-state index in [1.165, 1.54) is 49.6 Å². The molecule has 1 aromatic heterocycles. The first-order chi connectivity index (χ1) is 24.0. The van der Waals surface area contributed by atoms with Gasteiger partial charge in [-0.25, -0.2) is 18.2 Å². The third-order valence-electron chi connectivity index (χ3n) is 8.34. The van der Waals surface area contributed by atoms with E-state index >= 15 is 0 Å². The van der Waals surface area contributed by atoms with Crippen LogP contribution in [0.3, 0.4) is 0 Å². The maximum Gasteiger partial charge on any atom is 0.491 e. The summed E-state index contributed by atoms with van der Waals surface area (Å²) in [6.45, 7) is 6.64. The van der Waals surface area contributed by atoms with Crippen molar-refractivity contribution in [2.75, 3.05) is 24.7 Å². The molecule has 0 saturated heterocycles. The minimum Gasteiger partial charge on any atom is -0.490 e. The third kappa shape index (κ3) is 7.67. The summed E-state index contributed by atoms with van der Waals surface area (Å²) < 4.78 is 85.8. The maximum absolute atomic E-state index is 14.9. The molecule has 1 heterocycles. The molecule has 0 bridgehead atoms. The van der Waals surface area contributed by atoms with Gasteiger partial charge in [-0.05, 0) is 99.5 Å². The van der Waals surface area contributed by atoms with Crippen molar-refractivity contribution < 1.29 is 45.4 Å². The Hall–Kier alpha value is -5.05. The van der Waals surface area contributed by atoms with Crippen molar-refractivity contribution in [2.24, 2.45) is 0 Å². The zero-order valence-electron chi connectivity index (χ0n) is 28.7. The van der Waals surface area contributed by atoms with E-state index in [1.807, 2.05) is 0 Å². The highest BCUT2D eigenvalue weighted by Crippen LogP contribution is 2.41. The largest absolute Gasteiger partial charge is 0.491 e. The van der Waals surface area contributed by atoms with Gasteiger partial charge in [0, 0.05) is 36.4 Å². The second-order valence-electron chi connectivity index (χ2n) is 12.5. The van der Waals surface area contributed by atoms with Crippen molar-refractivity contribution >= 4 is 44.0 Å². The number of carbonyl (C=O) groups excluding carboxylic acids is 2. The number of likely N-dealkylation sites (N-methyl/N-ethyl adjacent to an activating group) is 1. The number of fused-ring (bicyclic) bond motifs is 1. The van der Waals surface area contributed by atoms with Crippen LogP contribution < -0.4 is 20.5 Å². The number of ether oxygens (including phenoxy) is 3. The summed E-state index contributed by atoms with van der Waals surface area (Å²) in [5.41, 5.74) is 3.77. The second-order valence-corrected chi connectivity index (χ2v) is 14.7. The fourth-order valence-electron chi connectivity index (χ4n) is 5.74. The molecule has 1 unspecified atom stereocenters. The van der Waals surface area contributed by atoms with E-state index in [0.29, 0.717) is 29.2 Å². The van der Waals surface area contributed by atoms with Gasteiger partial charge in [-0.15, -0.1) is 0 Å². The van der Waals surface area contributed by atoms with Crippen molar-refractivity contribution in [1.29, 1.82) is 0 Å². The first-order valence-corrected chi connectivity index (χ1v) is 17.8. The monoisotopic (exact) mass is 728 g/mol. The molecule has 1 atom stereocenters. The molecule has 0 radical (unpaired) electrons. The first-order valence-electron chi connectivity index (χ1n) is 16.2. The van der Waals surface area contributed by atoms with E-state index in [2.05, 4.69) is 10.3 Å². The number of anilines is 2. The number of pyridine rings is 1. The lowest BCUT2D eigenvalue weighted by Gasteiger charge is -2.38. The van der Waals surface area contributed by atoms with Gasteiger partial charge in [-0.2, -0.15) is 13.2 Å². The normalized spacial score (nSPS) is 14.5. The molecule has 1 aliphatic carbocycles. The van der Waals surface area contributed by atoms with Gasteiger partial charge in [0.2, 0.25) is 0 Å². The smallest absolute Gasteiger partial charge is 0.490 e. The Morgan fingerprint density at radius 1 is 1.04 bits per heavy atom. The predicted molar refractivity (Wildman–Crippen MR) is 185 cm³/mol. The number of nitrogens with zero attached hydrogens (tertiary/aromatic N) is 2. The summed E-state index contributed by atoms with van der Waals surface area (Å²) >= 11 is 0. The van der Waals surface area contributed by atoms with Crippen LogP contribution >= 0.6 is 0 Å². The lowest BCUT2D eigenvalue weighted by atomic mass is 9.97. The first kappa shape index (κ1) is 37.2. The number of nitrogens with one attached hydrogen (secondary N) is 1. The zero-order valence-corrected chi connectivity index (χ0v) is 29.5. The number of nitrogens with two attached hydrogens (primary N) is 1. The van der Waals surface area contributed by atoms with Gasteiger partial charge < -0.3 is 30.2 Å². The number of carbonyl (C=O) groups is 2. The van der Waals surface area contributed by atoms with E-state index in [-0.39, 0.29) is 58.3 Å². The summed E-state index contributed by atoms with van der Waals surface area (Å²) in [6.07, 6.45) is -3.38. The fourth-order valence-corrected chi connectivity index (χ4v) is 7.62. The van der Waals surface area contributed by atoms with E-state index in [0.717, 1.165) is 4.90 Å². The van der Waals surface area contributed by atoms with Crippen LogP contribution in [0.5, 0.6) is 11.5 Å². The minimum absolute atomic E-state index is 0.00314. The number of amides is 1. The molecule has 11 nitrogen and oxygen atoms in total. The minimum atomic E-state index is -5.52. The number of rotatable bonds is 13. The molecule has 272 valence electrons. The van der Waals surface area contributed by atoms with Gasteiger partial charge in [-0.1, -0.05) is 18.2 Å². The molecular formula is C36H39F3N4O7S. The third-order valence-corrected chi connectivity index (χ3v) is 10.7. The fraction of sp³-hybridized carbons (Fsp3) is 0.361. The Morgan fingerprint density at radius 2 is 1.75 bits per heavy atom. The number of halogens is 3. The summed E-state index contributed by atoms with van der Waals surface area (Å²) in [4.78, 5) is 32.8. The van der Waals surface area contributed by atoms with E-state index < -0.39 is 38.9 Å². The summed E-state index contributed by atoms with van der Waals surface area (Å²) in [6, 6.07) is 14.8. The topological polar surface area (TPSA) is 150 Å². The Morgan fingerprint density at radius 3 is 2.39 bits per heavy atom. The lowest BCUT2D eigenvalue weighted by Crippen LogP contribution is -2.55. The molecule has 3 aromatic carbocycles. The maximum atomic E-state index is 14.9. The molecule has 15 heteroatoms. The number of esters is 1. The van der Waals surface area contributed by atoms with Crippen molar-refractivity contribution in [3.63, 3.8) is 0 Å². The molecule has 0 spiro atoms.